The first-order valence-corrected chi connectivity index (χ1v) is 8.49. The zero-order chi connectivity index (χ0) is 18.3. The molecular weight excluding hydrogens is 312 g/mol. The van der Waals surface area contributed by atoms with Crippen molar-refractivity contribution in [3.05, 3.63) is 0 Å². The Bertz CT molecular complexity index is 514. The number of carboxylic acids is 1. The summed E-state index contributed by atoms with van der Waals surface area (Å²) in [5.41, 5.74) is 2.24. The molecule has 24 heavy (non-hydrogen) atoms. The van der Waals surface area contributed by atoms with Crippen molar-refractivity contribution in [2.24, 2.45) is 17.3 Å². The minimum atomic E-state index is -1.12. The predicted molar refractivity (Wildman–Crippen MR) is 86.7 cm³/mol. The quantitative estimate of drug-likeness (QED) is 0.396. The number of carboxylic acid groups (broad SMARTS) is 1. The molecule has 3 atom stereocenters. The lowest BCUT2D eigenvalue weighted by atomic mass is 10.0. The van der Waals surface area contributed by atoms with Crippen LogP contribution in [0.5, 0.6) is 0 Å². The van der Waals surface area contributed by atoms with E-state index in [1.54, 1.807) is 0 Å². The van der Waals surface area contributed by atoms with E-state index in [4.69, 9.17) is 4.84 Å². The smallest absolute Gasteiger partial charge is 0.326 e. The Labute approximate surface area is 142 Å². The number of piperidine rings is 1. The lowest BCUT2D eigenvalue weighted by Crippen LogP contribution is -2.48. The van der Waals surface area contributed by atoms with Gasteiger partial charge in [0.15, 0.2) is 0 Å². The molecule has 0 radical (unpaired) electrons. The third-order valence-corrected chi connectivity index (χ3v) is 4.82. The molecule has 1 aliphatic carbocycles. The number of nitrogens with one attached hydrogen (secondary N) is 1. The number of hydrogen-bond donors (Lipinski definition) is 2. The summed E-state index contributed by atoms with van der Waals surface area (Å²) in [4.78, 5) is 42.6. The second kappa shape index (κ2) is 6.44. The molecule has 0 aromatic heterocycles. The van der Waals surface area contributed by atoms with E-state index in [0.29, 0.717) is 19.4 Å². The Balaban J connectivity index is 1.83. The van der Waals surface area contributed by atoms with Crippen LogP contribution in [-0.2, 0) is 19.2 Å². The molecule has 0 aromatic carbocycles. The highest BCUT2D eigenvalue weighted by molar-refractivity contribution is 6.12. The molecule has 7 nitrogen and oxygen atoms in total. The van der Waals surface area contributed by atoms with E-state index < -0.39 is 12.0 Å². The molecule has 2 unspecified atom stereocenters. The molecule has 2 fully saturated rings. The van der Waals surface area contributed by atoms with Crippen LogP contribution in [0, 0.1) is 17.3 Å². The van der Waals surface area contributed by atoms with Crippen LogP contribution in [-0.4, -0.2) is 46.0 Å². The SMILES string of the molecule is CC(C)(C)ONCCCC[C@@H](C(=O)O)N1C(=O)C2C(C1=O)C2(C)C. The van der Waals surface area contributed by atoms with E-state index in [1.807, 2.05) is 34.6 Å². The van der Waals surface area contributed by atoms with Gasteiger partial charge in [0, 0.05) is 6.54 Å². The number of rotatable bonds is 8. The van der Waals surface area contributed by atoms with Gasteiger partial charge < -0.3 is 5.11 Å². The lowest BCUT2D eigenvalue weighted by molar-refractivity contribution is -0.157. The van der Waals surface area contributed by atoms with Crippen LogP contribution in [0.1, 0.15) is 53.9 Å². The summed E-state index contributed by atoms with van der Waals surface area (Å²) < 4.78 is 0. The molecule has 2 rings (SSSR count). The molecule has 1 saturated heterocycles. The summed E-state index contributed by atoms with van der Waals surface area (Å²) in [6.07, 6.45) is 1.56. The molecule has 136 valence electrons. The van der Waals surface area contributed by atoms with Crippen LogP contribution in [0.15, 0.2) is 0 Å². The number of fused-ring (bicyclic) bond motifs is 1. The van der Waals surface area contributed by atoms with Gasteiger partial charge in [-0.3, -0.25) is 19.3 Å². The number of amides is 2. The molecule has 2 aliphatic rings. The fraction of sp³-hybridized carbons (Fsp3) is 0.824. The first-order chi connectivity index (χ1) is 11.0. The van der Waals surface area contributed by atoms with Crippen LogP contribution in [0.4, 0.5) is 0 Å². The van der Waals surface area contributed by atoms with Crippen molar-refractivity contribution < 1.29 is 24.3 Å². The maximum Gasteiger partial charge on any atom is 0.326 e. The number of hydroxylamine groups is 1. The number of carbonyl (C=O) groups excluding carboxylic acids is 2. The zero-order valence-electron chi connectivity index (χ0n) is 15.1. The van der Waals surface area contributed by atoms with Crippen molar-refractivity contribution in [1.29, 1.82) is 0 Å². The molecule has 2 amide bonds. The number of likely N-dealkylation sites (tertiary alicyclic amines) is 1. The van der Waals surface area contributed by atoms with Gasteiger partial charge >= 0.3 is 5.97 Å². The first-order valence-electron chi connectivity index (χ1n) is 8.49. The Morgan fingerprint density at radius 3 is 2.25 bits per heavy atom. The van der Waals surface area contributed by atoms with Gasteiger partial charge in [0.2, 0.25) is 11.8 Å². The van der Waals surface area contributed by atoms with Crippen LogP contribution in [0.25, 0.3) is 0 Å². The summed E-state index contributed by atoms with van der Waals surface area (Å²) in [6.45, 7) is 10.1. The second-order valence-electron chi connectivity index (χ2n) is 8.28. The van der Waals surface area contributed by atoms with Crippen molar-refractivity contribution in [3.63, 3.8) is 0 Å². The minimum Gasteiger partial charge on any atom is -0.480 e. The van der Waals surface area contributed by atoms with E-state index in [0.717, 1.165) is 4.90 Å². The molecule has 1 aliphatic heterocycles. The number of aliphatic carboxylic acids is 1. The molecular formula is C17H28N2O5. The monoisotopic (exact) mass is 340 g/mol. The molecule has 0 aromatic rings. The average molecular weight is 340 g/mol. The molecule has 1 saturated carbocycles. The fourth-order valence-corrected chi connectivity index (χ4v) is 3.44. The number of unbranched alkanes of at least 4 members (excludes halogenated alkanes) is 1. The van der Waals surface area contributed by atoms with Gasteiger partial charge in [0.25, 0.3) is 0 Å². The molecule has 0 spiro atoms. The van der Waals surface area contributed by atoms with Gasteiger partial charge in [-0.2, -0.15) is 0 Å². The lowest BCUT2D eigenvalue weighted by Gasteiger charge is -2.26. The Hall–Kier alpha value is -1.47. The topological polar surface area (TPSA) is 95.9 Å². The van der Waals surface area contributed by atoms with Crippen LogP contribution in [0.3, 0.4) is 0 Å². The Morgan fingerprint density at radius 2 is 1.79 bits per heavy atom. The number of carbonyl (C=O) groups is 3. The fourth-order valence-electron chi connectivity index (χ4n) is 3.44. The number of imide groups is 1. The van der Waals surface area contributed by atoms with Crippen molar-refractivity contribution >= 4 is 17.8 Å². The van der Waals surface area contributed by atoms with Gasteiger partial charge in [-0.15, -0.1) is 0 Å². The van der Waals surface area contributed by atoms with Gasteiger partial charge in [-0.05, 0) is 45.4 Å². The van der Waals surface area contributed by atoms with Gasteiger partial charge in [0.05, 0.1) is 17.4 Å². The Kier molecular flexibility index (Phi) is 5.06. The summed E-state index contributed by atoms with van der Waals surface area (Å²) in [7, 11) is 0. The van der Waals surface area contributed by atoms with E-state index in [1.165, 1.54) is 0 Å². The standard InChI is InChI=1S/C17H28N2O5/c1-16(2,3)24-18-9-7-6-8-10(15(22)23)19-13(20)11-12(14(19)21)17(11,4)5/h10-12,18H,6-9H2,1-5H3,(H,22,23)/t10-,11?,12?/m0/s1. The molecule has 2 N–H and O–H groups in total. The molecule has 0 bridgehead atoms. The van der Waals surface area contributed by atoms with E-state index in [-0.39, 0.29) is 41.1 Å². The van der Waals surface area contributed by atoms with Crippen molar-refractivity contribution in [2.45, 2.75) is 65.5 Å². The normalized spacial score (nSPS) is 26.5. The highest BCUT2D eigenvalue weighted by atomic mass is 16.7. The van der Waals surface area contributed by atoms with Crippen LogP contribution >= 0.6 is 0 Å². The van der Waals surface area contributed by atoms with Gasteiger partial charge in [0.1, 0.15) is 6.04 Å². The average Bonchev–Trinajstić information content (AvgIpc) is 2.89. The number of hydrogen-bond acceptors (Lipinski definition) is 5. The molecule has 1 heterocycles. The summed E-state index contributed by atoms with van der Waals surface area (Å²) in [5.74, 6) is -2.44. The molecule has 7 heteroatoms. The van der Waals surface area contributed by atoms with Crippen molar-refractivity contribution in [1.82, 2.24) is 10.4 Å². The van der Waals surface area contributed by atoms with Gasteiger partial charge in [-0.25, -0.2) is 10.3 Å². The third kappa shape index (κ3) is 3.62. The highest BCUT2D eigenvalue weighted by Crippen LogP contribution is 2.63. The zero-order valence-corrected chi connectivity index (χ0v) is 15.1. The van der Waals surface area contributed by atoms with Crippen LogP contribution in [0.2, 0.25) is 0 Å². The third-order valence-electron chi connectivity index (χ3n) is 4.82. The maximum atomic E-state index is 12.4. The minimum absolute atomic E-state index is 0.268. The predicted octanol–water partition coefficient (Wildman–Crippen LogP) is 1.57. The first kappa shape index (κ1) is 18.9. The maximum absolute atomic E-state index is 12.4. The summed E-state index contributed by atoms with van der Waals surface area (Å²) >= 11 is 0. The van der Waals surface area contributed by atoms with Crippen molar-refractivity contribution in [3.8, 4) is 0 Å². The summed E-state index contributed by atoms with van der Waals surface area (Å²) in [5, 5.41) is 9.42. The number of nitrogens with zero attached hydrogens (tertiary/aromatic N) is 1. The Morgan fingerprint density at radius 1 is 1.25 bits per heavy atom. The second-order valence-corrected chi connectivity index (χ2v) is 8.28. The van der Waals surface area contributed by atoms with Crippen molar-refractivity contribution in [2.75, 3.05) is 6.54 Å². The van der Waals surface area contributed by atoms with Crippen LogP contribution < -0.4 is 5.48 Å². The van der Waals surface area contributed by atoms with E-state index >= 15 is 0 Å². The largest absolute Gasteiger partial charge is 0.480 e. The highest BCUT2D eigenvalue weighted by Gasteiger charge is 2.73. The van der Waals surface area contributed by atoms with Gasteiger partial charge in [-0.1, -0.05) is 13.8 Å². The van der Waals surface area contributed by atoms with E-state index in [9.17, 15) is 19.5 Å². The summed E-state index contributed by atoms with van der Waals surface area (Å²) in [6, 6.07) is -1.06. The van der Waals surface area contributed by atoms with E-state index in [2.05, 4.69) is 5.48 Å².